The molecule has 2 atom stereocenters. The maximum atomic E-state index is 12.2. The minimum Gasteiger partial charge on any atom is -0.383 e. The van der Waals surface area contributed by atoms with Crippen LogP contribution in [0.15, 0.2) is 0 Å². The molecule has 1 aliphatic rings. The van der Waals surface area contributed by atoms with Crippen molar-refractivity contribution in [3.05, 3.63) is 0 Å². The Morgan fingerprint density at radius 1 is 1.33 bits per heavy atom. The summed E-state index contributed by atoms with van der Waals surface area (Å²) in [7, 11) is 3.77. The van der Waals surface area contributed by atoms with Crippen LogP contribution in [0.3, 0.4) is 0 Å². The van der Waals surface area contributed by atoms with Crippen LogP contribution in [-0.2, 0) is 9.53 Å². The monoisotopic (exact) mass is 257 g/mol. The summed E-state index contributed by atoms with van der Waals surface area (Å²) < 4.78 is 5.05. The molecule has 2 unspecified atom stereocenters. The van der Waals surface area contributed by atoms with Gasteiger partial charge in [0, 0.05) is 26.7 Å². The number of rotatable bonds is 8. The maximum absolute atomic E-state index is 12.2. The average molecular weight is 257 g/mol. The summed E-state index contributed by atoms with van der Waals surface area (Å²) in [6, 6.07) is 0.0132. The Bertz CT molecular complexity index is 261. The molecule has 1 heterocycles. The molecule has 0 bridgehead atoms. The SMILES string of the molecule is CCC1NC(CC)N(CCN(C)CCOC)C1=O. The molecule has 1 saturated heterocycles. The van der Waals surface area contributed by atoms with Crippen molar-refractivity contribution in [2.45, 2.75) is 38.9 Å². The molecule has 1 aliphatic heterocycles. The molecule has 0 aromatic heterocycles. The molecule has 0 radical (unpaired) electrons. The number of likely N-dealkylation sites (N-methyl/N-ethyl adjacent to an activating group) is 1. The Balaban J connectivity index is 2.41. The smallest absolute Gasteiger partial charge is 0.241 e. The summed E-state index contributed by atoms with van der Waals surface area (Å²) in [5, 5.41) is 3.39. The van der Waals surface area contributed by atoms with Gasteiger partial charge in [-0.05, 0) is 19.9 Å². The first-order valence-corrected chi connectivity index (χ1v) is 6.88. The number of methoxy groups -OCH3 is 1. The fourth-order valence-electron chi connectivity index (χ4n) is 2.28. The molecule has 0 spiro atoms. The summed E-state index contributed by atoms with van der Waals surface area (Å²) >= 11 is 0. The molecule has 18 heavy (non-hydrogen) atoms. The lowest BCUT2D eigenvalue weighted by Gasteiger charge is -2.26. The van der Waals surface area contributed by atoms with Crippen LogP contribution in [0.5, 0.6) is 0 Å². The molecule has 106 valence electrons. The van der Waals surface area contributed by atoms with E-state index in [1.54, 1.807) is 7.11 Å². The molecule has 0 aromatic carbocycles. The number of nitrogens with zero attached hydrogens (tertiary/aromatic N) is 2. The normalized spacial score (nSPS) is 24.3. The van der Waals surface area contributed by atoms with Gasteiger partial charge >= 0.3 is 0 Å². The van der Waals surface area contributed by atoms with Crippen LogP contribution in [0.2, 0.25) is 0 Å². The largest absolute Gasteiger partial charge is 0.383 e. The Hall–Kier alpha value is -0.650. The third-order valence-corrected chi connectivity index (χ3v) is 3.55. The summed E-state index contributed by atoms with van der Waals surface area (Å²) in [5.74, 6) is 0.254. The predicted molar refractivity (Wildman–Crippen MR) is 72.4 cm³/mol. The number of carbonyl (C=O) groups is 1. The van der Waals surface area contributed by atoms with E-state index in [1.807, 2.05) is 4.90 Å². The van der Waals surface area contributed by atoms with Gasteiger partial charge in [-0.2, -0.15) is 0 Å². The summed E-state index contributed by atoms with van der Waals surface area (Å²) in [4.78, 5) is 16.3. The van der Waals surface area contributed by atoms with Gasteiger partial charge in [0.2, 0.25) is 5.91 Å². The van der Waals surface area contributed by atoms with Crippen LogP contribution in [0.25, 0.3) is 0 Å². The number of hydrogen-bond donors (Lipinski definition) is 1. The highest BCUT2D eigenvalue weighted by molar-refractivity contribution is 5.84. The van der Waals surface area contributed by atoms with Crippen molar-refractivity contribution in [1.29, 1.82) is 0 Å². The second-order valence-corrected chi connectivity index (χ2v) is 4.88. The highest BCUT2D eigenvalue weighted by Gasteiger charge is 2.36. The maximum Gasteiger partial charge on any atom is 0.241 e. The lowest BCUT2D eigenvalue weighted by atomic mass is 10.2. The zero-order valence-corrected chi connectivity index (χ0v) is 12.1. The van der Waals surface area contributed by atoms with Gasteiger partial charge in [-0.3, -0.25) is 10.1 Å². The van der Waals surface area contributed by atoms with Crippen molar-refractivity contribution in [1.82, 2.24) is 15.1 Å². The Kier molecular flexibility index (Phi) is 6.60. The van der Waals surface area contributed by atoms with Gasteiger partial charge in [0.15, 0.2) is 0 Å². The zero-order chi connectivity index (χ0) is 13.5. The average Bonchev–Trinajstić information content (AvgIpc) is 2.69. The third-order valence-electron chi connectivity index (χ3n) is 3.55. The fraction of sp³-hybridized carbons (Fsp3) is 0.923. The molecular weight excluding hydrogens is 230 g/mol. The van der Waals surface area contributed by atoms with Crippen molar-refractivity contribution in [3.8, 4) is 0 Å². The van der Waals surface area contributed by atoms with E-state index < -0.39 is 0 Å². The number of ether oxygens (including phenoxy) is 1. The van der Waals surface area contributed by atoms with Gasteiger partial charge in [-0.25, -0.2) is 0 Å². The lowest BCUT2D eigenvalue weighted by molar-refractivity contribution is -0.130. The second-order valence-electron chi connectivity index (χ2n) is 4.88. The molecule has 1 amide bonds. The highest BCUT2D eigenvalue weighted by Crippen LogP contribution is 2.15. The standard InChI is InChI=1S/C13H27N3O2/c1-5-11-13(17)16(12(6-2)14-11)8-7-15(3)9-10-18-4/h11-12,14H,5-10H2,1-4H3. The molecule has 1 fully saturated rings. The van der Waals surface area contributed by atoms with Crippen LogP contribution in [0.4, 0.5) is 0 Å². The van der Waals surface area contributed by atoms with E-state index in [4.69, 9.17) is 4.74 Å². The number of amides is 1. The molecular formula is C13H27N3O2. The van der Waals surface area contributed by atoms with Crippen LogP contribution >= 0.6 is 0 Å². The van der Waals surface area contributed by atoms with Crippen molar-refractivity contribution >= 4 is 5.91 Å². The van der Waals surface area contributed by atoms with Gasteiger partial charge in [-0.15, -0.1) is 0 Å². The summed E-state index contributed by atoms with van der Waals surface area (Å²) in [6.07, 6.45) is 2.04. The van der Waals surface area contributed by atoms with Gasteiger partial charge < -0.3 is 14.5 Å². The van der Waals surface area contributed by atoms with E-state index in [9.17, 15) is 4.79 Å². The molecule has 0 saturated carbocycles. The fourth-order valence-corrected chi connectivity index (χ4v) is 2.28. The van der Waals surface area contributed by atoms with Crippen LogP contribution in [-0.4, -0.2) is 68.3 Å². The second kappa shape index (κ2) is 7.71. The van der Waals surface area contributed by atoms with Crippen LogP contribution < -0.4 is 5.32 Å². The summed E-state index contributed by atoms with van der Waals surface area (Å²) in [6.45, 7) is 7.49. The topological polar surface area (TPSA) is 44.8 Å². The van der Waals surface area contributed by atoms with Gasteiger partial charge in [0.05, 0.1) is 18.8 Å². The van der Waals surface area contributed by atoms with E-state index in [-0.39, 0.29) is 18.1 Å². The van der Waals surface area contributed by atoms with Crippen LogP contribution in [0.1, 0.15) is 26.7 Å². The number of nitrogens with one attached hydrogen (secondary N) is 1. The van der Waals surface area contributed by atoms with E-state index in [0.717, 1.165) is 39.1 Å². The molecule has 5 nitrogen and oxygen atoms in total. The Labute approximate surface area is 110 Å². The Morgan fingerprint density at radius 2 is 2.06 bits per heavy atom. The first-order valence-electron chi connectivity index (χ1n) is 6.88. The van der Waals surface area contributed by atoms with Crippen molar-refractivity contribution in [3.63, 3.8) is 0 Å². The van der Waals surface area contributed by atoms with Gasteiger partial charge in [0.25, 0.3) is 0 Å². The van der Waals surface area contributed by atoms with E-state index in [2.05, 4.69) is 31.1 Å². The zero-order valence-electron chi connectivity index (χ0n) is 12.1. The molecule has 1 rings (SSSR count). The van der Waals surface area contributed by atoms with Crippen molar-refractivity contribution in [2.75, 3.05) is 40.4 Å². The molecule has 5 heteroatoms. The van der Waals surface area contributed by atoms with E-state index in [1.165, 1.54) is 0 Å². The van der Waals surface area contributed by atoms with Gasteiger partial charge in [-0.1, -0.05) is 13.8 Å². The highest BCUT2D eigenvalue weighted by atomic mass is 16.5. The summed E-state index contributed by atoms with van der Waals surface area (Å²) in [5.41, 5.74) is 0. The minimum atomic E-state index is 0.0132. The lowest BCUT2D eigenvalue weighted by Crippen LogP contribution is -2.41. The van der Waals surface area contributed by atoms with Gasteiger partial charge in [0.1, 0.15) is 0 Å². The number of carbonyl (C=O) groups excluding carboxylic acids is 1. The predicted octanol–water partition coefficient (Wildman–Crippen LogP) is 0.511. The molecule has 0 aliphatic carbocycles. The van der Waals surface area contributed by atoms with Crippen molar-refractivity contribution in [2.24, 2.45) is 0 Å². The molecule has 1 N–H and O–H groups in total. The quantitative estimate of drug-likeness (QED) is 0.688. The third kappa shape index (κ3) is 3.93. The first-order chi connectivity index (χ1) is 8.63. The first kappa shape index (κ1) is 15.4. The number of hydrogen-bond acceptors (Lipinski definition) is 4. The van der Waals surface area contributed by atoms with E-state index >= 15 is 0 Å². The Morgan fingerprint density at radius 3 is 2.61 bits per heavy atom. The van der Waals surface area contributed by atoms with E-state index in [0.29, 0.717) is 0 Å². The molecule has 0 aromatic rings. The minimum absolute atomic E-state index is 0.0132. The van der Waals surface area contributed by atoms with Crippen LogP contribution in [0, 0.1) is 0 Å². The van der Waals surface area contributed by atoms with Crippen molar-refractivity contribution < 1.29 is 9.53 Å².